The molecule has 0 aliphatic carbocycles. The van der Waals surface area contributed by atoms with Gasteiger partial charge in [0.15, 0.2) is 0 Å². The molecule has 1 saturated heterocycles. The van der Waals surface area contributed by atoms with Gasteiger partial charge in [-0.05, 0) is 39.2 Å². The lowest BCUT2D eigenvalue weighted by Gasteiger charge is -2.59. The lowest BCUT2D eigenvalue weighted by Crippen LogP contribution is -2.68. The van der Waals surface area contributed by atoms with Gasteiger partial charge in [-0.3, -0.25) is 4.84 Å². The molecule has 0 N–H and O–H groups in total. The molecule has 27 heavy (non-hydrogen) atoms. The predicted molar refractivity (Wildman–Crippen MR) is 106 cm³/mol. The second kappa shape index (κ2) is 8.61. The summed E-state index contributed by atoms with van der Waals surface area (Å²) in [4.78, 5) is 18.4. The number of hydrogen-bond donors (Lipinski definition) is 0. The maximum Gasteiger partial charge on any atom is 0.508 e. The van der Waals surface area contributed by atoms with Crippen LogP contribution in [0.4, 0.5) is 4.79 Å². The van der Waals surface area contributed by atoms with Crippen LogP contribution >= 0.6 is 0 Å². The number of ether oxygens (including phenoxy) is 2. The first kappa shape index (κ1) is 21.7. The third kappa shape index (κ3) is 4.30. The molecule has 1 aliphatic heterocycles. The molecule has 0 saturated carbocycles. The van der Waals surface area contributed by atoms with E-state index >= 15 is 0 Å². The molecule has 5 heteroatoms. The number of carbonyl (C=O) groups is 1. The fraction of sp³-hybridized carbons (Fsp3) is 0.682. The summed E-state index contributed by atoms with van der Waals surface area (Å²) in [7, 11) is 1.35. The van der Waals surface area contributed by atoms with Crippen molar-refractivity contribution in [1.29, 1.82) is 0 Å². The molecule has 0 bridgehead atoms. The van der Waals surface area contributed by atoms with Crippen LogP contribution in [0.15, 0.2) is 30.3 Å². The van der Waals surface area contributed by atoms with E-state index in [9.17, 15) is 4.79 Å². The van der Waals surface area contributed by atoms with Crippen molar-refractivity contribution in [2.45, 2.75) is 84.1 Å². The Bertz CT molecular complexity index is 622. The van der Waals surface area contributed by atoms with Crippen LogP contribution in [0, 0.1) is 5.92 Å². The van der Waals surface area contributed by atoms with E-state index in [4.69, 9.17) is 14.3 Å². The lowest BCUT2D eigenvalue weighted by molar-refractivity contribution is -0.336. The van der Waals surface area contributed by atoms with Crippen LogP contribution in [-0.4, -0.2) is 35.5 Å². The molecule has 1 fully saturated rings. The molecule has 5 atom stereocenters. The summed E-state index contributed by atoms with van der Waals surface area (Å²) in [5.41, 5.74) is 0.624. The molecule has 2 rings (SSSR count). The van der Waals surface area contributed by atoms with Crippen LogP contribution in [0.1, 0.15) is 72.5 Å². The predicted octanol–water partition coefficient (Wildman–Crippen LogP) is 5.51. The molecule has 1 aliphatic rings. The third-order valence-electron chi connectivity index (χ3n) is 6.56. The zero-order chi connectivity index (χ0) is 20.2. The Morgan fingerprint density at radius 3 is 2.37 bits per heavy atom. The third-order valence-corrected chi connectivity index (χ3v) is 6.56. The van der Waals surface area contributed by atoms with Gasteiger partial charge >= 0.3 is 6.16 Å². The number of rotatable bonds is 6. The van der Waals surface area contributed by atoms with Crippen LogP contribution in [0.25, 0.3) is 0 Å². The molecule has 5 unspecified atom stereocenters. The average Bonchev–Trinajstić information content (AvgIpc) is 2.69. The monoisotopic (exact) mass is 377 g/mol. The van der Waals surface area contributed by atoms with Crippen LogP contribution < -0.4 is 0 Å². The normalized spacial score (nSPS) is 32.7. The molecule has 5 nitrogen and oxygen atoms in total. The van der Waals surface area contributed by atoms with E-state index < -0.39 is 6.16 Å². The minimum Gasteiger partial charge on any atom is -0.438 e. The van der Waals surface area contributed by atoms with Crippen molar-refractivity contribution in [2.75, 3.05) is 7.11 Å². The van der Waals surface area contributed by atoms with Gasteiger partial charge in [-0.25, -0.2) is 4.79 Å². The van der Waals surface area contributed by atoms with Crippen molar-refractivity contribution in [3.05, 3.63) is 35.9 Å². The standard InChI is InChI=1S/C22H35NO4/c1-8-21(5)15-19(26-20(24)25-7)16(3)22(6,9-2)23(21)27-17(4)18-13-11-10-12-14-18/h10-14,16-17,19H,8-9,15H2,1-7H3. The summed E-state index contributed by atoms with van der Waals surface area (Å²) in [5.74, 6) is 0.101. The van der Waals surface area contributed by atoms with Crippen LogP contribution in [-0.2, 0) is 14.3 Å². The van der Waals surface area contributed by atoms with E-state index in [-0.39, 0.29) is 29.2 Å². The summed E-state index contributed by atoms with van der Waals surface area (Å²) in [6, 6.07) is 10.3. The number of hydroxylamine groups is 2. The van der Waals surface area contributed by atoms with Crippen LogP contribution in [0.2, 0.25) is 0 Å². The zero-order valence-corrected chi connectivity index (χ0v) is 17.8. The fourth-order valence-electron chi connectivity index (χ4n) is 4.15. The molecule has 0 amide bonds. The summed E-state index contributed by atoms with van der Waals surface area (Å²) in [5, 5.41) is 2.19. The highest BCUT2D eigenvalue weighted by atomic mass is 16.7. The number of methoxy groups -OCH3 is 1. The zero-order valence-electron chi connectivity index (χ0n) is 17.8. The van der Waals surface area contributed by atoms with Gasteiger partial charge in [-0.1, -0.05) is 51.1 Å². The Morgan fingerprint density at radius 2 is 1.85 bits per heavy atom. The maximum atomic E-state index is 11.8. The van der Waals surface area contributed by atoms with Crippen LogP contribution in [0.3, 0.4) is 0 Å². The molecule has 1 aromatic carbocycles. The van der Waals surface area contributed by atoms with Gasteiger partial charge in [-0.15, -0.1) is 0 Å². The molecule has 0 radical (unpaired) electrons. The quantitative estimate of drug-likeness (QED) is 0.612. The number of benzene rings is 1. The molecular formula is C22H35NO4. The second-order valence-electron chi connectivity index (χ2n) is 8.12. The Balaban J connectivity index is 2.34. The van der Waals surface area contributed by atoms with Crippen molar-refractivity contribution < 1.29 is 19.1 Å². The first-order valence-electron chi connectivity index (χ1n) is 9.98. The van der Waals surface area contributed by atoms with Crippen molar-refractivity contribution in [3.8, 4) is 0 Å². The summed E-state index contributed by atoms with van der Waals surface area (Å²) < 4.78 is 10.4. The Hall–Kier alpha value is -1.59. The summed E-state index contributed by atoms with van der Waals surface area (Å²) in [6.45, 7) is 12.9. The largest absolute Gasteiger partial charge is 0.508 e. The maximum absolute atomic E-state index is 11.8. The van der Waals surface area contributed by atoms with Gasteiger partial charge in [0, 0.05) is 23.4 Å². The Labute approximate surface area is 163 Å². The van der Waals surface area contributed by atoms with Gasteiger partial charge in [-0.2, -0.15) is 5.06 Å². The fourth-order valence-corrected chi connectivity index (χ4v) is 4.15. The van der Waals surface area contributed by atoms with Gasteiger partial charge in [0.1, 0.15) is 12.2 Å². The average molecular weight is 378 g/mol. The summed E-state index contributed by atoms with van der Waals surface area (Å²) in [6.07, 6.45) is 1.59. The molecule has 1 aromatic rings. The minimum absolute atomic E-state index is 0.0618. The topological polar surface area (TPSA) is 48.0 Å². The van der Waals surface area contributed by atoms with E-state index in [0.29, 0.717) is 6.42 Å². The molecule has 0 aromatic heterocycles. The van der Waals surface area contributed by atoms with Crippen molar-refractivity contribution >= 4 is 6.16 Å². The Kier molecular flexibility index (Phi) is 6.92. The lowest BCUT2D eigenvalue weighted by atomic mass is 9.69. The highest BCUT2D eigenvalue weighted by Gasteiger charge is 2.55. The smallest absolute Gasteiger partial charge is 0.438 e. The van der Waals surface area contributed by atoms with Crippen molar-refractivity contribution in [3.63, 3.8) is 0 Å². The first-order chi connectivity index (χ1) is 12.7. The Morgan fingerprint density at radius 1 is 1.22 bits per heavy atom. The van der Waals surface area contributed by atoms with E-state index in [2.05, 4.69) is 58.7 Å². The SMILES string of the molecule is CCC1(C)CC(OC(=O)OC)C(C)C(C)(CC)N1OC(C)c1ccccc1. The second-order valence-corrected chi connectivity index (χ2v) is 8.12. The highest BCUT2D eigenvalue weighted by molar-refractivity contribution is 5.59. The number of piperidine rings is 1. The van der Waals surface area contributed by atoms with Crippen LogP contribution in [0.5, 0.6) is 0 Å². The minimum atomic E-state index is -0.615. The van der Waals surface area contributed by atoms with E-state index in [1.807, 2.05) is 18.2 Å². The van der Waals surface area contributed by atoms with Gasteiger partial charge in [0.05, 0.1) is 7.11 Å². The van der Waals surface area contributed by atoms with E-state index in [0.717, 1.165) is 18.4 Å². The van der Waals surface area contributed by atoms with E-state index in [1.165, 1.54) is 7.11 Å². The van der Waals surface area contributed by atoms with Gasteiger partial charge < -0.3 is 9.47 Å². The molecule has 1 heterocycles. The van der Waals surface area contributed by atoms with Gasteiger partial charge in [0.25, 0.3) is 0 Å². The number of nitrogens with zero attached hydrogens (tertiary/aromatic N) is 1. The number of hydrogen-bond acceptors (Lipinski definition) is 5. The first-order valence-corrected chi connectivity index (χ1v) is 9.98. The molecule has 152 valence electrons. The van der Waals surface area contributed by atoms with Crippen molar-refractivity contribution in [2.24, 2.45) is 5.92 Å². The highest BCUT2D eigenvalue weighted by Crippen LogP contribution is 2.48. The van der Waals surface area contributed by atoms with Gasteiger partial charge in [0.2, 0.25) is 0 Å². The van der Waals surface area contributed by atoms with Crippen molar-refractivity contribution in [1.82, 2.24) is 5.06 Å². The molecular weight excluding hydrogens is 342 g/mol. The molecule has 0 spiro atoms. The number of carbonyl (C=O) groups excluding carboxylic acids is 1. The van der Waals surface area contributed by atoms with E-state index in [1.54, 1.807) is 0 Å². The summed E-state index contributed by atoms with van der Waals surface area (Å²) >= 11 is 0.